The fourth-order valence-electron chi connectivity index (χ4n) is 7.18. The van der Waals surface area contributed by atoms with Gasteiger partial charge in [-0.05, 0) is 30.9 Å². The number of rotatable bonds is 12. The Morgan fingerprint density at radius 2 is 1.49 bits per heavy atom. The van der Waals surface area contributed by atoms with Crippen LogP contribution < -0.4 is 0 Å². The Morgan fingerprint density at radius 3 is 2.00 bits per heavy atom. The third-order valence-electron chi connectivity index (χ3n) is 8.87. The second kappa shape index (κ2) is 11.9. The molecule has 3 fully saturated rings. The lowest BCUT2D eigenvalue weighted by Crippen LogP contribution is -2.55. The summed E-state index contributed by atoms with van der Waals surface area (Å²) in [6.07, 6.45) is 4.83. The molecule has 3 aliphatic rings. The number of amides is 3. The molecule has 0 saturated carbocycles. The number of aliphatic hydroxyl groups is 1. The second-order valence-corrected chi connectivity index (χ2v) is 13.4. The van der Waals surface area contributed by atoms with Gasteiger partial charge in [0.2, 0.25) is 17.7 Å². The molecule has 41 heavy (non-hydrogen) atoms. The van der Waals surface area contributed by atoms with Crippen molar-refractivity contribution in [1.82, 2.24) is 14.7 Å². The molecule has 3 saturated heterocycles. The van der Waals surface area contributed by atoms with E-state index in [1.165, 1.54) is 0 Å². The van der Waals surface area contributed by atoms with Crippen LogP contribution in [0.4, 0.5) is 0 Å². The van der Waals surface area contributed by atoms with Crippen LogP contribution in [-0.4, -0.2) is 79.3 Å². The molecule has 2 bridgehead atoms. The van der Waals surface area contributed by atoms with Crippen LogP contribution in [0, 0.1) is 11.8 Å². The van der Waals surface area contributed by atoms with Crippen LogP contribution >= 0.6 is 11.8 Å². The molecule has 1 spiro atoms. The summed E-state index contributed by atoms with van der Waals surface area (Å²) in [6.45, 7) is 11.1. The summed E-state index contributed by atoms with van der Waals surface area (Å²) in [5.74, 6) is -1.64. The summed E-state index contributed by atoms with van der Waals surface area (Å²) < 4.78 is -1.21. The molecule has 7 nitrogen and oxygen atoms in total. The Hall–Kier alpha value is -3.36. The number of hydrogen-bond donors (Lipinski definition) is 1. The molecule has 2 aromatic carbocycles. The maximum Gasteiger partial charge on any atom is 0.247 e. The van der Waals surface area contributed by atoms with E-state index in [0.717, 1.165) is 17.5 Å². The zero-order valence-corrected chi connectivity index (χ0v) is 24.5. The Morgan fingerprint density at radius 1 is 0.951 bits per heavy atom. The number of β-amino-alcohol motifs (C(OH)–C–C–N with tert-alkyl or cyclic N) is 1. The van der Waals surface area contributed by atoms with Gasteiger partial charge in [0, 0.05) is 37.5 Å². The number of likely N-dealkylation sites (tertiary alicyclic amines) is 1. The van der Waals surface area contributed by atoms with Crippen LogP contribution in [0.5, 0.6) is 0 Å². The minimum atomic E-state index is -0.762. The maximum atomic E-state index is 14.4. The molecule has 2 aromatic rings. The Labute approximate surface area is 246 Å². The highest BCUT2D eigenvalue weighted by atomic mass is 32.2. The summed E-state index contributed by atoms with van der Waals surface area (Å²) in [7, 11) is 0. The van der Waals surface area contributed by atoms with E-state index >= 15 is 0 Å². The van der Waals surface area contributed by atoms with Crippen LogP contribution in [0.1, 0.15) is 30.9 Å². The average Bonchev–Trinajstić information content (AvgIpc) is 3.54. The molecule has 3 aliphatic heterocycles. The Kier molecular flexibility index (Phi) is 8.43. The third-order valence-corrected chi connectivity index (χ3v) is 10.9. The minimum Gasteiger partial charge on any atom is -0.395 e. The predicted molar refractivity (Wildman–Crippen MR) is 162 cm³/mol. The second-order valence-electron chi connectivity index (χ2n) is 11.5. The van der Waals surface area contributed by atoms with Crippen molar-refractivity contribution in [1.29, 1.82) is 0 Å². The third kappa shape index (κ3) is 5.12. The first kappa shape index (κ1) is 29.1. The predicted octanol–water partition coefficient (Wildman–Crippen LogP) is 3.89. The molecule has 216 valence electrons. The number of aliphatic hydroxyl groups excluding tert-OH is 1. The van der Waals surface area contributed by atoms with E-state index in [1.54, 1.807) is 38.6 Å². The lowest BCUT2D eigenvalue weighted by molar-refractivity contribution is -0.146. The molecule has 0 radical (unpaired) electrons. The number of hydrogen-bond acceptors (Lipinski definition) is 5. The number of thioether (sulfide) groups is 1. The van der Waals surface area contributed by atoms with E-state index in [0.29, 0.717) is 32.6 Å². The van der Waals surface area contributed by atoms with Crippen LogP contribution in [0.2, 0.25) is 0 Å². The number of carbonyl (C=O) groups excluding carboxylic acids is 3. The van der Waals surface area contributed by atoms with Crippen molar-refractivity contribution in [3.05, 3.63) is 97.1 Å². The van der Waals surface area contributed by atoms with E-state index in [2.05, 4.69) is 20.1 Å². The summed E-state index contributed by atoms with van der Waals surface area (Å²) >= 11 is 1.65. The van der Waals surface area contributed by atoms with E-state index in [1.807, 2.05) is 60.7 Å². The van der Waals surface area contributed by atoms with Gasteiger partial charge >= 0.3 is 0 Å². The molecule has 3 heterocycles. The SMILES string of the molecule is C=CCN(Cc1ccccc1)C(=O)C1N(CCO)C(=O)[C@@H]2[C@H](C(=O)N(CC=C)Cc3ccccc3)[C@]3(C)CCC12S3. The number of fused-ring (bicyclic) bond motifs is 1. The van der Waals surface area contributed by atoms with E-state index in [9.17, 15) is 19.5 Å². The van der Waals surface area contributed by atoms with E-state index < -0.39 is 27.4 Å². The lowest BCUT2D eigenvalue weighted by Gasteiger charge is -2.38. The van der Waals surface area contributed by atoms with Gasteiger partial charge in [-0.15, -0.1) is 24.9 Å². The Bertz CT molecular complexity index is 1300. The molecule has 3 amide bonds. The van der Waals surface area contributed by atoms with Gasteiger partial charge in [0.15, 0.2) is 0 Å². The summed E-state index contributed by atoms with van der Waals surface area (Å²) in [6, 6.07) is 18.8. The van der Waals surface area contributed by atoms with Crippen LogP contribution in [0.15, 0.2) is 86.0 Å². The van der Waals surface area contributed by atoms with Crippen molar-refractivity contribution >= 4 is 29.5 Å². The lowest BCUT2D eigenvalue weighted by atomic mass is 9.66. The van der Waals surface area contributed by atoms with E-state index in [-0.39, 0.29) is 30.9 Å². The quantitative estimate of drug-likeness (QED) is 0.390. The topological polar surface area (TPSA) is 81.2 Å². The molecular weight excluding hydrogens is 534 g/mol. The fraction of sp³-hybridized carbons (Fsp3) is 0.424. The van der Waals surface area contributed by atoms with Gasteiger partial charge in [-0.2, -0.15) is 0 Å². The molecule has 5 atom stereocenters. The molecule has 5 rings (SSSR count). The van der Waals surface area contributed by atoms with Crippen molar-refractivity contribution in [2.24, 2.45) is 11.8 Å². The normalized spacial score (nSPS) is 27.9. The van der Waals surface area contributed by atoms with Crippen LogP contribution in [0.25, 0.3) is 0 Å². The molecular formula is C33H39N3O4S. The molecule has 2 unspecified atom stereocenters. The first-order valence-corrected chi connectivity index (χ1v) is 15.1. The average molecular weight is 574 g/mol. The summed E-state index contributed by atoms with van der Waals surface area (Å²) in [4.78, 5) is 48.1. The smallest absolute Gasteiger partial charge is 0.247 e. The van der Waals surface area contributed by atoms with Crippen molar-refractivity contribution < 1.29 is 19.5 Å². The van der Waals surface area contributed by atoms with Crippen LogP contribution in [0.3, 0.4) is 0 Å². The number of nitrogens with zero attached hydrogens (tertiary/aromatic N) is 3. The number of benzene rings is 2. The van der Waals surface area contributed by atoms with Crippen molar-refractivity contribution in [3.63, 3.8) is 0 Å². The highest BCUT2D eigenvalue weighted by molar-refractivity contribution is 8.02. The van der Waals surface area contributed by atoms with Crippen LogP contribution in [-0.2, 0) is 27.5 Å². The summed E-state index contributed by atoms with van der Waals surface area (Å²) in [5, 5.41) is 9.97. The standard InChI is InChI=1S/C33H39N3O4S/c1-4-18-34(22-24-12-8-6-9-13-24)29(38)26-27-30(39)36(20-21-37)28(33(27)17-16-32(26,3)41-33)31(40)35(19-5-2)23-25-14-10-7-11-15-25/h4-15,26-28,37H,1-2,16-23H2,3H3/t26-,27+,28?,32+,33?/m1/s1. The van der Waals surface area contributed by atoms with Gasteiger partial charge in [0.25, 0.3) is 0 Å². The first-order valence-electron chi connectivity index (χ1n) is 14.3. The highest BCUT2D eigenvalue weighted by Gasteiger charge is 2.77. The highest BCUT2D eigenvalue weighted by Crippen LogP contribution is 2.71. The maximum absolute atomic E-state index is 14.4. The molecule has 0 aromatic heterocycles. The van der Waals surface area contributed by atoms with Gasteiger partial charge < -0.3 is 19.8 Å². The van der Waals surface area contributed by atoms with Gasteiger partial charge in [-0.1, -0.05) is 72.8 Å². The summed E-state index contributed by atoms with van der Waals surface area (Å²) in [5.41, 5.74) is 1.99. The van der Waals surface area contributed by atoms with Gasteiger partial charge in [-0.25, -0.2) is 0 Å². The molecule has 8 heteroatoms. The zero-order valence-electron chi connectivity index (χ0n) is 23.7. The Balaban J connectivity index is 1.51. The monoisotopic (exact) mass is 573 g/mol. The molecule has 0 aliphatic carbocycles. The molecule has 1 N–H and O–H groups in total. The fourth-order valence-corrected chi connectivity index (χ4v) is 9.53. The van der Waals surface area contributed by atoms with Gasteiger partial charge in [0.1, 0.15) is 6.04 Å². The van der Waals surface area contributed by atoms with Gasteiger partial charge in [-0.3, -0.25) is 14.4 Å². The van der Waals surface area contributed by atoms with E-state index in [4.69, 9.17) is 0 Å². The minimum absolute atomic E-state index is 0.0549. The number of carbonyl (C=O) groups is 3. The zero-order chi connectivity index (χ0) is 29.2. The first-order chi connectivity index (χ1) is 19.8. The van der Waals surface area contributed by atoms with Gasteiger partial charge in [0.05, 0.1) is 23.2 Å². The van der Waals surface area contributed by atoms with Crippen molar-refractivity contribution in [3.8, 4) is 0 Å². The largest absolute Gasteiger partial charge is 0.395 e. The van der Waals surface area contributed by atoms with Crippen molar-refractivity contribution in [2.75, 3.05) is 26.2 Å². The van der Waals surface area contributed by atoms with Crippen molar-refractivity contribution in [2.45, 2.75) is 48.4 Å².